The third-order valence-corrected chi connectivity index (χ3v) is 4.51. The molecule has 3 N–H and O–H groups in total. The van der Waals surface area contributed by atoms with Crippen molar-refractivity contribution < 1.29 is 4.79 Å². The second kappa shape index (κ2) is 8.30. The third-order valence-electron chi connectivity index (χ3n) is 4.51. The summed E-state index contributed by atoms with van der Waals surface area (Å²) in [4.78, 5) is 14.5. The van der Waals surface area contributed by atoms with Gasteiger partial charge in [-0.05, 0) is 30.9 Å². The number of nitrogens with zero attached hydrogens (tertiary/aromatic N) is 1. The van der Waals surface area contributed by atoms with Crippen LogP contribution in [0.1, 0.15) is 38.7 Å². The molecule has 0 radical (unpaired) electrons. The molecule has 1 heterocycles. The van der Waals surface area contributed by atoms with Gasteiger partial charge in [-0.3, -0.25) is 9.69 Å². The molecule has 0 aromatic heterocycles. The summed E-state index contributed by atoms with van der Waals surface area (Å²) in [7, 11) is 0. The smallest absolute Gasteiger partial charge is 0.237 e. The first-order chi connectivity index (χ1) is 10.6. The van der Waals surface area contributed by atoms with Crippen LogP contribution in [0.5, 0.6) is 0 Å². The van der Waals surface area contributed by atoms with Gasteiger partial charge in [-0.15, -0.1) is 0 Å². The first-order valence-electron chi connectivity index (χ1n) is 8.39. The van der Waals surface area contributed by atoms with Crippen LogP contribution < -0.4 is 11.1 Å². The number of hydrogen-bond donors (Lipinski definition) is 2. The van der Waals surface area contributed by atoms with E-state index in [2.05, 4.69) is 34.5 Å². The van der Waals surface area contributed by atoms with Crippen LogP contribution in [0.15, 0.2) is 30.3 Å². The molecule has 0 aliphatic carbocycles. The lowest BCUT2D eigenvalue weighted by Crippen LogP contribution is -2.50. The summed E-state index contributed by atoms with van der Waals surface area (Å²) in [6.07, 6.45) is 3.62. The van der Waals surface area contributed by atoms with Crippen molar-refractivity contribution >= 4 is 5.91 Å². The van der Waals surface area contributed by atoms with Gasteiger partial charge in [0.05, 0.1) is 6.04 Å². The van der Waals surface area contributed by atoms with Gasteiger partial charge in [0.15, 0.2) is 0 Å². The summed E-state index contributed by atoms with van der Waals surface area (Å²) in [5.41, 5.74) is 7.24. The number of carbonyl (C=O) groups is 1. The number of carbonyl (C=O) groups excluding carboxylic acids is 1. The molecule has 1 saturated heterocycles. The molecule has 1 aliphatic heterocycles. The highest BCUT2D eigenvalue weighted by molar-refractivity contribution is 5.81. The molecule has 122 valence electrons. The SMILES string of the molecule is CC(C)[C@H](N)C(=O)NC[C@@H]1CCCCN1Cc1ccccc1. The molecule has 1 fully saturated rings. The van der Waals surface area contributed by atoms with Crippen molar-refractivity contribution in [3.8, 4) is 0 Å². The van der Waals surface area contributed by atoms with Gasteiger partial charge in [-0.25, -0.2) is 0 Å². The number of nitrogens with two attached hydrogens (primary N) is 1. The Balaban J connectivity index is 1.88. The second-order valence-corrected chi connectivity index (χ2v) is 6.62. The van der Waals surface area contributed by atoms with Crippen LogP contribution in [-0.4, -0.2) is 36.0 Å². The quantitative estimate of drug-likeness (QED) is 0.846. The number of nitrogens with one attached hydrogen (secondary N) is 1. The zero-order valence-electron chi connectivity index (χ0n) is 13.8. The lowest BCUT2D eigenvalue weighted by atomic mass is 10.00. The van der Waals surface area contributed by atoms with Crippen LogP contribution in [0.25, 0.3) is 0 Å². The van der Waals surface area contributed by atoms with E-state index in [-0.39, 0.29) is 11.8 Å². The van der Waals surface area contributed by atoms with Crippen LogP contribution in [0, 0.1) is 5.92 Å². The molecule has 2 atom stereocenters. The molecule has 0 unspecified atom stereocenters. The van der Waals surface area contributed by atoms with Crippen molar-refractivity contribution in [2.45, 2.75) is 51.7 Å². The summed E-state index contributed by atoms with van der Waals surface area (Å²) < 4.78 is 0. The number of likely N-dealkylation sites (tertiary alicyclic amines) is 1. The van der Waals surface area contributed by atoms with Gasteiger partial charge in [0.25, 0.3) is 0 Å². The van der Waals surface area contributed by atoms with E-state index in [1.54, 1.807) is 0 Å². The molecule has 4 heteroatoms. The Kier molecular flexibility index (Phi) is 6.40. The molecular formula is C18H29N3O. The normalized spacial score (nSPS) is 20.8. The number of piperidine rings is 1. The van der Waals surface area contributed by atoms with E-state index in [9.17, 15) is 4.79 Å². The number of hydrogen-bond acceptors (Lipinski definition) is 3. The highest BCUT2D eigenvalue weighted by atomic mass is 16.2. The maximum absolute atomic E-state index is 12.0. The van der Waals surface area contributed by atoms with E-state index in [1.807, 2.05) is 19.9 Å². The van der Waals surface area contributed by atoms with Gasteiger partial charge >= 0.3 is 0 Å². The highest BCUT2D eigenvalue weighted by Gasteiger charge is 2.24. The molecule has 0 saturated carbocycles. The van der Waals surface area contributed by atoms with Gasteiger partial charge in [0, 0.05) is 19.1 Å². The summed E-state index contributed by atoms with van der Waals surface area (Å²) in [6, 6.07) is 10.5. The fourth-order valence-corrected chi connectivity index (χ4v) is 2.96. The highest BCUT2D eigenvalue weighted by Crippen LogP contribution is 2.19. The molecule has 0 bridgehead atoms. The average Bonchev–Trinajstić information content (AvgIpc) is 2.54. The number of amides is 1. The van der Waals surface area contributed by atoms with Crippen molar-refractivity contribution in [2.24, 2.45) is 11.7 Å². The van der Waals surface area contributed by atoms with Crippen molar-refractivity contribution in [1.29, 1.82) is 0 Å². The lowest BCUT2D eigenvalue weighted by Gasteiger charge is -2.36. The largest absolute Gasteiger partial charge is 0.353 e. The fourth-order valence-electron chi connectivity index (χ4n) is 2.96. The van der Waals surface area contributed by atoms with Gasteiger partial charge in [0.2, 0.25) is 5.91 Å². The Labute approximate surface area is 134 Å². The van der Waals surface area contributed by atoms with E-state index in [4.69, 9.17) is 5.73 Å². The van der Waals surface area contributed by atoms with Crippen LogP contribution in [-0.2, 0) is 11.3 Å². The molecule has 22 heavy (non-hydrogen) atoms. The van der Waals surface area contributed by atoms with Crippen molar-refractivity contribution in [1.82, 2.24) is 10.2 Å². The lowest BCUT2D eigenvalue weighted by molar-refractivity contribution is -0.123. The maximum atomic E-state index is 12.0. The molecule has 2 rings (SSSR count). The van der Waals surface area contributed by atoms with Crippen LogP contribution >= 0.6 is 0 Å². The Bertz CT molecular complexity index is 461. The average molecular weight is 303 g/mol. The van der Waals surface area contributed by atoms with Crippen LogP contribution in [0.2, 0.25) is 0 Å². The minimum Gasteiger partial charge on any atom is -0.353 e. The van der Waals surface area contributed by atoms with Crippen molar-refractivity contribution in [3.05, 3.63) is 35.9 Å². The summed E-state index contributed by atoms with van der Waals surface area (Å²) in [6.45, 7) is 6.72. The van der Waals surface area contributed by atoms with E-state index in [1.165, 1.54) is 18.4 Å². The monoisotopic (exact) mass is 303 g/mol. The van der Waals surface area contributed by atoms with E-state index >= 15 is 0 Å². The maximum Gasteiger partial charge on any atom is 0.237 e. The van der Waals surface area contributed by atoms with Crippen LogP contribution in [0.4, 0.5) is 0 Å². The van der Waals surface area contributed by atoms with E-state index < -0.39 is 6.04 Å². The van der Waals surface area contributed by atoms with Gasteiger partial charge in [-0.2, -0.15) is 0 Å². The Morgan fingerprint density at radius 2 is 2.05 bits per heavy atom. The van der Waals surface area contributed by atoms with Crippen molar-refractivity contribution in [3.63, 3.8) is 0 Å². The van der Waals surface area contributed by atoms with Gasteiger partial charge < -0.3 is 11.1 Å². The minimum atomic E-state index is -0.411. The molecule has 4 nitrogen and oxygen atoms in total. The number of benzene rings is 1. The fraction of sp³-hybridized carbons (Fsp3) is 0.611. The van der Waals surface area contributed by atoms with Gasteiger partial charge in [0.1, 0.15) is 0 Å². The van der Waals surface area contributed by atoms with Gasteiger partial charge in [-0.1, -0.05) is 50.6 Å². The topological polar surface area (TPSA) is 58.4 Å². The minimum absolute atomic E-state index is 0.0276. The third kappa shape index (κ3) is 4.82. The second-order valence-electron chi connectivity index (χ2n) is 6.62. The molecule has 1 aromatic rings. The first kappa shape index (κ1) is 17.0. The molecule has 1 aromatic carbocycles. The summed E-state index contributed by atoms with van der Waals surface area (Å²) in [5.74, 6) is 0.145. The molecule has 1 amide bonds. The molecule has 1 aliphatic rings. The van der Waals surface area contributed by atoms with Crippen molar-refractivity contribution in [2.75, 3.05) is 13.1 Å². The van der Waals surface area contributed by atoms with E-state index in [0.717, 1.165) is 19.5 Å². The summed E-state index contributed by atoms with van der Waals surface area (Å²) >= 11 is 0. The van der Waals surface area contributed by atoms with Crippen LogP contribution in [0.3, 0.4) is 0 Å². The summed E-state index contributed by atoms with van der Waals surface area (Å²) in [5, 5.41) is 3.04. The first-order valence-corrected chi connectivity index (χ1v) is 8.39. The zero-order valence-corrected chi connectivity index (χ0v) is 13.8. The predicted molar refractivity (Wildman–Crippen MR) is 90.3 cm³/mol. The van der Waals surface area contributed by atoms with E-state index in [0.29, 0.717) is 12.6 Å². The zero-order chi connectivity index (χ0) is 15.9. The molecule has 0 spiro atoms. The molecular weight excluding hydrogens is 274 g/mol. The Hall–Kier alpha value is -1.39. The Morgan fingerprint density at radius 1 is 1.32 bits per heavy atom. The number of rotatable bonds is 6. The Morgan fingerprint density at radius 3 is 2.73 bits per heavy atom. The predicted octanol–water partition coefficient (Wildman–Crippen LogP) is 2.14. The standard InChI is InChI=1S/C18H29N3O/c1-14(2)17(19)18(22)20-12-16-10-6-7-11-21(16)13-15-8-4-3-5-9-15/h3-5,8-9,14,16-17H,6-7,10-13,19H2,1-2H3,(H,20,22)/t16-,17-/m0/s1.